The molecule has 1 fully saturated rings. The van der Waals surface area contributed by atoms with E-state index in [0.29, 0.717) is 0 Å². The predicted octanol–water partition coefficient (Wildman–Crippen LogP) is 0.689. The van der Waals surface area contributed by atoms with Gasteiger partial charge in [0.2, 0.25) is 5.79 Å². The van der Waals surface area contributed by atoms with Crippen molar-refractivity contribution in [1.82, 2.24) is 0 Å². The molecule has 0 aromatic carbocycles. The number of hydrogen-bond acceptors (Lipinski definition) is 2. The molecule has 2 heteroatoms. The molecule has 2 rings (SSSR count). The van der Waals surface area contributed by atoms with Crippen LogP contribution in [-0.2, 0) is 9.47 Å². The van der Waals surface area contributed by atoms with Crippen molar-refractivity contribution >= 4 is 0 Å². The van der Waals surface area contributed by atoms with Crippen molar-refractivity contribution in [3.05, 3.63) is 11.6 Å². The third-order valence-electron chi connectivity index (χ3n) is 1.72. The average Bonchev–Trinajstić information content (AvgIpc) is 2.38. The van der Waals surface area contributed by atoms with Crippen LogP contribution in [0.5, 0.6) is 0 Å². The second-order valence-electron chi connectivity index (χ2n) is 2.14. The van der Waals surface area contributed by atoms with Crippen molar-refractivity contribution in [1.29, 1.82) is 0 Å². The molecule has 0 saturated carbocycles. The van der Waals surface area contributed by atoms with Gasteiger partial charge in [-0.2, -0.15) is 0 Å². The Morgan fingerprint density at radius 1 is 1.88 bits per heavy atom. The smallest absolute Gasteiger partial charge is 0.211 e. The van der Waals surface area contributed by atoms with Gasteiger partial charge >= 0.3 is 0 Å². The Bertz CT molecular complexity index is 151. The predicted molar refractivity (Wildman–Crippen MR) is 28.4 cm³/mol. The van der Waals surface area contributed by atoms with E-state index in [1.807, 2.05) is 6.08 Å². The molecular weight excluding hydrogens is 104 g/mol. The zero-order valence-electron chi connectivity index (χ0n) is 4.81. The summed E-state index contributed by atoms with van der Waals surface area (Å²) in [6.45, 7) is 0.833. The maximum atomic E-state index is 5.25. The third kappa shape index (κ3) is 0.353. The number of fused-ring (bicyclic) bond motifs is 1. The van der Waals surface area contributed by atoms with E-state index in [0.717, 1.165) is 13.0 Å². The van der Waals surface area contributed by atoms with E-state index in [2.05, 4.69) is 0 Å². The summed E-state index contributed by atoms with van der Waals surface area (Å²) < 4.78 is 10.3. The highest BCUT2D eigenvalue weighted by atomic mass is 16.7. The first-order chi connectivity index (χ1) is 3.87. The molecule has 0 bridgehead atoms. The van der Waals surface area contributed by atoms with E-state index in [9.17, 15) is 0 Å². The van der Waals surface area contributed by atoms with E-state index in [4.69, 9.17) is 9.47 Å². The molecular formula is C6H8O2. The van der Waals surface area contributed by atoms with Crippen LogP contribution in [0, 0.1) is 0 Å². The van der Waals surface area contributed by atoms with Gasteiger partial charge in [0.1, 0.15) is 0 Å². The summed E-state index contributed by atoms with van der Waals surface area (Å²) in [5, 5.41) is 0. The highest BCUT2D eigenvalue weighted by Gasteiger charge is 2.49. The highest BCUT2D eigenvalue weighted by Crippen LogP contribution is 2.46. The standard InChI is InChI=1S/C6H8O2/c1-7-6-4-5(6)2-3-8-6/h4H,2-3H2,1H3. The summed E-state index contributed by atoms with van der Waals surface area (Å²) in [7, 11) is 1.68. The van der Waals surface area contributed by atoms with Crippen LogP contribution >= 0.6 is 0 Å². The van der Waals surface area contributed by atoms with Crippen LogP contribution in [-0.4, -0.2) is 19.5 Å². The first-order valence-electron chi connectivity index (χ1n) is 2.79. The van der Waals surface area contributed by atoms with Gasteiger partial charge in [0.25, 0.3) is 0 Å². The second kappa shape index (κ2) is 1.14. The lowest BCUT2D eigenvalue weighted by Gasteiger charge is -2.08. The highest BCUT2D eigenvalue weighted by molar-refractivity contribution is 5.41. The number of methoxy groups -OCH3 is 1. The molecule has 1 aliphatic carbocycles. The van der Waals surface area contributed by atoms with Gasteiger partial charge in [-0.1, -0.05) is 0 Å². The second-order valence-corrected chi connectivity index (χ2v) is 2.14. The fraction of sp³-hybridized carbons (Fsp3) is 0.667. The molecule has 44 valence electrons. The molecule has 0 aromatic rings. The Labute approximate surface area is 48.1 Å². The van der Waals surface area contributed by atoms with Gasteiger partial charge in [0.05, 0.1) is 6.61 Å². The first kappa shape index (κ1) is 4.53. The van der Waals surface area contributed by atoms with E-state index in [1.165, 1.54) is 5.57 Å². The molecule has 1 aliphatic heterocycles. The van der Waals surface area contributed by atoms with Crippen molar-refractivity contribution in [3.8, 4) is 0 Å². The van der Waals surface area contributed by atoms with Crippen LogP contribution in [0.2, 0.25) is 0 Å². The van der Waals surface area contributed by atoms with Crippen molar-refractivity contribution in [3.63, 3.8) is 0 Å². The molecule has 0 amide bonds. The van der Waals surface area contributed by atoms with Crippen LogP contribution in [0.15, 0.2) is 11.6 Å². The summed E-state index contributed by atoms with van der Waals surface area (Å²) in [6, 6.07) is 0. The zero-order chi connectivity index (χ0) is 5.61. The first-order valence-corrected chi connectivity index (χ1v) is 2.79. The van der Waals surface area contributed by atoms with Gasteiger partial charge in [-0.3, -0.25) is 0 Å². The Hall–Kier alpha value is -0.340. The van der Waals surface area contributed by atoms with Crippen LogP contribution in [0.1, 0.15) is 6.42 Å². The van der Waals surface area contributed by atoms with E-state index in [-0.39, 0.29) is 5.79 Å². The molecule has 0 radical (unpaired) electrons. The maximum absolute atomic E-state index is 5.25. The van der Waals surface area contributed by atoms with Crippen LogP contribution in [0.4, 0.5) is 0 Å². The molecule has 2 nitrogen and oxygen atoms in total. The maximum Gasteiger partial charge on any atom is 0.211 e. The van der Waals surface area contributed by atoms with E-state index in [1.54, 1.807) is 7.11 Å². The van der Waals surface area contributed by atoms with Gasteiger partial charge in [-0.15, -0.1) is 0 Å². The molecule has 8 heavy (non-hydrogen) atoms. The topological polar surface area (TPSA) is 18.5 Å². The molecule has 1 unspecified atom stereocenters. The summed E-state index contributed by atoms with van der Waals surface area (Å²) in [4.78, 5) is 0. The van der Waals surface area contributed by atoms with Gasteiger partial charge in [-0.05, 0) is 18.1 Å². The summed E-state index contributed by atoms with van der Waals surface area (Å²) >= 11 is 0. The Kier molecular flexibility index (Phi) is 0.648. The van der Waals surface area contributed by atoms with E-state index >= 15 is 0 Å². The summed E-state index contributed by atoms with van der Waals surface area (Å²) in [6.07, 6.45) is 3.09. The van der Waals surface area contributed by atoms with Gasteiger partial charge in [0.15, 0.2) is 0 Å². The molecule has 0 aromatic heterocycles. The third-order valence-corrected chi connectivity index (χ3v) is 1.72. The van der Waals surface area contributed by atoms with Crippen LogP contribution in [0.25, 0.3) is 0 Å². The normalized spacial score (nSPS) is 41.4. The molecule has 1 heterocycles. The minimum Gasteiger partial charge on any atom is -0.346 e. The minimum atomic E-state index is -0.306. The quantitative estimate of drug-likeness (QED) is 0.464. The largest absolute Gasteiger partial charge is 0.346 e. The lowest BCUT2D eigenvalue weighted by atomic mass is 10.4. The number of rotatable bonds is 1. The Balaban J connectivity index is 2.14. The molecule has 1 atom stereocenters. The van der Waals surface area contributed by atoms with Crippen molar-refractivity contribution in [2.75, 3.05) is 13.7 Å². The minimum absolute atomic E-state index is 0.306. The van der Waals surface area contributed by atoms with Crippen LogP contribution < -0.4 is 0 Å². The SMILES string of the molecule is COC12C=C1CCO2. The van der Waals surface area contributed by atoms with Crippen molar-refractivity contribution in [2.24, 2.45) is 0 Å². The van der Waals surface area contributed by atoms with Crippen molar-refractivity contribution < 1.29 is 9.47 Å². The molecule has 0 N–H and O–H groups in total. The number of hydrogen-bond donors (Lipinski definition) is 0. The molecule has 2 aliphatic rings. The lowest BCUT2D eigenvalue weighted by Crippen LogP contribution is -2.15. The molecule has 0 spiro atoms. The van der Waals surface area contributed by atoms with Gasteiger partial charge in [0, 0.05) is 7.11 Å². The monoisotopic (exact) mass is 112 g/mol. The number of ether oxygens (including phenoxy) is 2. The van der Waals surface area contributed by atoms with Crippen LogP contribution in [0.3, 0.4) is 0 Å². The fourth-order valence-corrected chi connectivity index (χ4v) is 1.14. The lowest BCUT2D eigenvalue weighted by molar-refractivity contribution is -0.110. The van der Waals surface area contributed by atoms with Crippen molar-refractivity contribution in [2.45, 2.75) is 12.2 Å². The average molecular weight is 112 g/mol. The summed E-state index contributed by atoms with van der Waals surface area (Å²) in [5.41, 5.74) is 1.32. The van der Waals surface area contributed by atoms with E-state index < -0.39 is 0 Å². The fourth-order valence-electron chi connectivity index (χ4n) is 1.14. The zero-order valence-corrected chi connectivity index (χ0v) is 4.81. The Morgan fingerprint density at radius 2 is 2.75 bits per heavy atom. The van der Waals surface area contributed by atoms with Gasteiger partial charge < -0.3 is 9.47 Å². The molecule has 1 saturated heterocycles. The van der Waals surface area contributed by atoms with Gasteiger partial charge in [-0.25, -0.2) is 0 Å². The summed E-state index contributed by atoms with van der Waals surface area (Å²) in [5.74, 6) is -0.306. The Morgan fingerprint density at radius 3 is 3.00 bits per heavy atom.